The molecule has 0 spiro atoms. The van der Waals surface area contributed by atoms with Crippen LogP contribution in [0, 0.1) is 0 Å². The molecule has 1 unspecified atom stereocenters. The summed E-state index contributed by atoms with van der Waals surface area (Å²) in [4.78, 5) is 2.33. The summed E-state index contributed by atoms with van der Waals surface area (Å²) < 4.78 is 6.01. The molecule has 2 fully saturated rings. The minimum Gasteiger partial charge on any atom is -0.491 e. The van der Waals surface area contributed by atoms with Crippen molar-refractivity contribution in [1.29, 1.82) is 0 Å². The van der Waals surface area contributed by atoms with Crippen molar-refractivity contribution in [1.82, 2.24) is 10.2 Å². The first-order chi connectivity index (χ1) is 13.8. The summed E-state index contributed by atoms with van der Waals surface area (Å²) in [6, 6.07) is 18.9. The molecule has 28 heavy (non-hydrogen) atoms. The number of benzene rings is 2. The molecule has 0 amide bonds. The molecular weight excluding hydrogens is 368 g/mol. The molecule has 0 bridgehead atoms. The molecule has 1 heterocycles. The van der Waals surface area contributed by atoms with Gasteiger partial charge in [-0.3, -0.25) is 4.90 Å². The minimum atomic E-state index is -0.455. The molecule has 2 N–H and O–H groups in total. The van der Waals surface area contributed by atoms with E-state index >= 15 is 0 Å². The summed E-state index contributed by atoms with van der Waals surface area (Å²) in [6.07, 6.45) is 1.89. The van der Waals surface area contributed by atoms with E-state index in [1.807, 2.05) is 30.0 Å². The van der Waals surface area contributed by atoms with E-state index in [1.165, 1.54) is 18.4 Å². The second-order valence-electron chi connectivity index (χ2n) is 7.79. The topological polar surface area (TPSA) is 44.7 Å². The molecule has 4 rings (SSSR count). The van der Waals surface area contributed by atoms with Gasteiger partial charge in [-0.2, -0.15) is 11.8 Å². The van der Waals surface area contributed by atoms with Crippen molar-refractivity contribution in [3.63, 3.8) is 0 Å². The zero-order chi connectivity index (χ0) is 19.2. The first-order valence-electron chi connectivity index (χ1n) is 10.2. The van der Waals surface area contributed by atoms with E-state index in [1.54, 1.807) is 0 Å². The van der Waals surface area contributed by atoms with Crippen LogP contribution < -0.4 is 10.1 Å². The summed E-state index contributed by atoms with van der Waals surface area (Å²) in [6.45, 7) is 3.92. The van der Waals surface area contributed by atoms with Gasteiger partial charge in [-0.05, 0) is 24.5 Å². The molecule has 2 aliphatic rings. The van der Waals surface area contributed by atoms with Gasteiger partial charge in [0.1, 0.15) is 18.5 Å². The van der Waals surface area contributed by atoms with Crippen LogP contribution in [-0.2, 0) is 12.1 Å². The fraction of sp³-hybridized carbons (Fsp3) is 0.478. The first kappa shape index (κ1) is 19.8. The van der Waals surface area contributed by atoms with Gasteiger partial charge in [0.15, 0.2) is 0 Å². The Hall–Kier alpha value is -1.53. The molecule has 0 aromatic heterocycles. The molecule has 2 aromatic rings. The van der Waals surface area contributed by atoms with Crippen LogP contribution in [0.25, 0.3) is 0 Å². The minimum absolute atomic E-state index is 0.111. The Kier molecular flexibility index (Phi) is 6.58. The summed E-state index contributed by atoms with van der Waals surface area (Å²) in [5.41, 5.74) is 2.62. The van der Waals surface area contributed by atoms with E-state index in [0.29, 0.717) is 13.2 Å². The van der Waals surface area contributed by atoms with Crippen molar-refractivity contribution in [3.8, 4) is 5.75 Å². The van der Waals surface area contributed by atoms with Crippen molar-refractivity contribution in [2.45, 2.75) is 31.0 Å². The number of aliphatic hydroxyl groups is 1. The maximum atomic E-state index is 10.4. The second kappa shape index (κ2) is 9.31. The number of rotatable bonds is 9. The number of hydrogen-bond donors (Lipinski definition) is 2. The molecular formula is C23H30N2O2S. The second-order valence-corrected chi connectivity index (χ2v) is 9.01. The van der Waals surface area contributed by atoms with Gasteiger partial charge in [-0.1, -0.05) is 48.5 Å². The molecule has 5 heteroatoms. The highest BCUT2D eigenvalue weighted by molar-refractivity contribution is 7.99. The van der Waals surface area contributed by atoms with Gasteiger partial charge in [0.05, 0.1) is 0 Å². The molecule has 1 aliphatic heterocycles. The lowest BCUT2D eigenvalue weighted by Gasteiger charge is -2.28. The molecule has 1 saturated heterocycles. The van der Waals surface area contributed by atoms with E-state index in [-0.39, 0.29) is 5.54 Å². The molecule has 0 radical (unpaired) electrons. The molecule has 1 atom stereocenters. The number of thioether (sulfide) groups is 1. The zero-order valence-electron chi connectivity index (χ0n) is 16.3. The predicted octanol–water partition coefficient (Wildman–Crippen LogP) is 3.25. The van der Waals surface area contributed by atoms with Crippen molar-refractivity contribution in [2.24, 2.45) is 0 Å². The van der Waals surface area contributed by atoms with Gasteiger partial charge in [0.25, 0.3) is 0 Å². The van der Waals surface area contributed by atoms with Gasteiger partial charge >= 0.3 is 0 Å². The third kappa shape index (κ3) is 5.09. The third-order valence-electron chi connectivity index (χ3n) is 5.67. The van der Waals surface area contributed by atoms with E-state index in [2.05, 4.69) is 46.6 Å². The van der Waals surface area contributed by atoms with Crippen LogP contribution in [0.3, 0.4) is 0 Å². The summed E-state index contributed by atoms with van der Waals surface area (Å²) in [5, 5.41) is 14.1. The maximum absolute atomic E-state index is 10.4. The Balaban J connectivity index is 1.31. The largest absolute Gasteiger partial charge is 0.491 e. The summed E-state index contributed by atoms with van der Waals surface area (Å²) in [5.74, 6) is 3.18. The Labute approximate surface area is 172 Å². The Morgan fingerprint density at radius 2 is 1.75 bits per heavy atom. The number of aliphatic hydroxyl groups excluding tert-OH is 1. The average Bonchev–Trinajstić information content (AvgIpc) is 3.54. The van der Waals surface area contributed by atoms with Gasteiger partial charge in [-0.25, -0.2) is 0 Å². The quantitative estimate of drug-likeness (QED) is 0.679. The van der Waals surface area contributed by atoms with Crippen LogP contribution >= 0.6 is 11.8 Å². The Morgan fingerprint density at radius 3 is 2.50 bits per heavy atom. The van der Waals surface area contributed by atoms with Crippen molar-refractivity contribution in [3.05, 3.63) is 65.7 Å². The highest BCUT2D eigenvalue weighted by Crippen LogP contribution is 2.45. The van der Waals surface area contributed by atoms with Crippen molar-refractivity contribution >= 4 is 11.8 Å². The number of nitrogens with one attached hydrogen (secondary N) is 1. The van der Waals surface area contributed by atoms with E-state index < -0.39 is 6.10 Å². The number of ether oxygens (including phenoxy) is 1. The summed E-state index contributed by atoms with van der Waals surface area (Å²) in [7, 11) is 0. The van der Waals surface area contributed by atoms with Crippen molar-refractivity contribution < 1.29 is 9.84 Å². The van der Waals surface area contributed by atoms with Gasteiger partial charge in [-0.15, -0.1) is 0 Å². The van der Waals surface area contributed by atoms with Crippen molar-refractivity contribution in [2.75, 3.05) is 37.7 Å². The fourth-order valence-electron chi connectivity index (χ4n) is 3.83. The highest BCUT2D eigenvalue weighted by Gasteiger charge is 2.43. The SMILES string of the molecule is OC(COc1ccccc1CNC1(c2ccccc2)CC1)CN1CCSCC1. The van der Waals surface area contributed by atoms with E-state index in [9.17, 15) is 5.11 Å². The van der Waals surface area contributed by atoms with Crippen LogP contribution in [-0.4, -0.2) is 53.9 Å². The van der Waals surface area contributed by atoms with Crippen LogP contribution in [0.5, 0.6) is 5.75 Å². The monoisotopic (exact) mass is 398 g/mol. The normalized spacial score (nSPS) is 19.9. The van der Waals surface area contributed by atoms with E-state index in [0.717, 1.165) is 42.5 Å². The molecule has 150 valence electrons. The van der Waals surface area contributed by atoms with Gasteiger partial charge < -0.3 is 15.2 Å². The average molecular weight is 399 g/mol. The molecule has 4 nitrogen and oxygen atoms in total. The lowest BCUT2D eigenvalue weighted by molar-refractivity contribution is 0.0711. The maximum Gasteiger partial charge on any atom is 0.123 e. The highest BCUT2D eigenvalue weighted by atomic mass is 32.2. The first-order valence-corrected chi connectivity index (χ1v) is 11.4. The van der Waals surface area contributed by atoms with Gasteiger partial charge in [0.2, 0.25) is 0 Å². The van der Waals surface area contributed by atoms with Crippen LogP contribution in [0.4, 0.5) is 0 Å². The standard InChI is InChI=1S/C23H30N2O2S/c26-21(17-25-12-14-28-15-13-25)18-27-22-9-5-4-6-19(22)16-24-23(10-11-23)20-7-2-1-3-8-20/h1-9,21,24,26H,10-18H2. The lowest BCUT2D eigenvalue weighted by Crippen LogP contribution is -2.40. The van der Waals surface area contributed by atoms with E-state index in [4.69, 9.17) is 4.74 Å². The predicted molar refractivity (Wildman–Crippen MR) is 116 cm³/mol. The third-order valence-corrected chi connectivity index (χ3v) is 6.61. The van der Waals surface area contributed by atoms with Crippen LogP contribution in [0.1, 0.15) is 24.0 Å². The number of nitrogens with zero attached hydrogens (tertiary/aromatic N) is 1. The fourth-order valence-corrected chi connectivity index (χ4v) is 4.80. The van der Waals surface area contributed by atoms with Crippen LogP contribution in [0.2, 0.25) is 0 Å². The lowest BCUT2D eigenvalue weighted by atomic mass is 10.0. The van der Waals surface area contributed by atoms with Gasteiger partial charge in [0, 0.05) is 48.8 Å². The zero-order valence-corrected chi connectivity index (χ0v) is 17.2. The van der Waals surface area contributed by atoms with Crippen LogP contribution in [0.15, 0.2) is 54.6 Å². The summed E-state index contributed by atoms with van der Waals surface area (Å²) >= 11 is 1.99. The molecule has 1 aliphatic carbocycles. The smallest absolute Gasteiger partial charge is 0.123 e. The Morgan fingerprint density at radius 1 is 1.04 bits per heavy atom. The number of β-amino-alcohol motifs (C(OH)–C–C–N with tert-alkyl or cyclic N) is 1. The Bertz CT molecular complexity index is 745. The molecule has 2 aromatic carbocycles. The number of para-hydroxylation sites is 1. The number of hydrogen-bond acceptors (Lipinski definition) is 5. The molecule has 1 saturated carbocycles.